The van der Waals surface area contributed by atoms with E-state index in [0.717, 1.165) is 0 Å². The summed E-state index contributed by atoms with van der Waals surface area (Å²) < 4.78 is 46.0. The number of esters is 3. The van der Waals surface area contributed by atoms with Gasteiger partial charge in [0.2, 0.25) is 0 Å². The second kappa shape index (κ2) is 41.0. The van der Waals surface area contributed by atoms with Crippen molar-refractivity contribution in [2.24, 2.45) is 5.92 Å². The lowest BCUT2D eigenvalue weighted by Gasteiger charge is -2.23. The van der Waals surface area contributed by atoms with Gasteiger partial charge in [0.05, 0.1) is 31.3 Å². The molecule has 0 rings (SSSR count). The first-order valence-electron chi connectivity index (χ1n) is 15.5. The number of thiol groups is 1. The largest absolute Gasteiger partial charge is 0.464 e. The van der Waals surface area contributed by atoms with Gasteiger partial charge in [-0.15, -0.1) is 0 Å². The molecule has 55 heavy (non-hydrogen) atoms. The molecule has 0 fully saturated rings. The Balaban J connectivity index is -0.0000000919. The molecule has 4 N–H and O–H groups in total. The Kier molecular flexibility index (Phi) is 53.4. The molecule has 0 aromatic carbocycles. The van der Waals surface area contributed by atoms with Crippen molar-refractivity contribution >= 4 is 68.0 Å². The number of ether oxygens (including phenoxy) is 3. The summed E-state index contributed by atoms with van der Waals surface area (Å²) in [4.78, 5) is 33.8. The summed E-state index contributed by atoms with van der Waals surface area (Å²) in [6, 6.07) is 0. The van der Waals surface area contributed by atoms with Gasteiger partial charge in [-0.25, -0.2) is 9.59 Å². The van der Waals surface area contributed by atoms with Crippen molar-refractivity contribution in [1.82, 2.24) is 0 Å². The minimum Gasteiger partial charge on any atom is -0.464 e. The van der Waals surface area contributed by atoms with Gasteiger partial charge in [0.1, 0.15) is 18.7 Å². The summed E-state index contributed by atoms with van der Waals surface area (Å²) in [6.45, 7) is 16.9. The number of thioether (sulfide) groups is 1. The van der Waals surface area contributed by atoms with Crippen molar-refractivity contribution in [3.05, 3.63) is 24.3 Å². The summed E-state index contributed by atoms with van der Waals surface area (Å²) in [7, 11) is 2.30. The highest BCUT2D eigenvalue weighted by molar-refractivity contribution is 7.99. The van der Waals surface area contributed by atoms with Crippen molar-refractivity contribution in [3.63, 3.8) is 0 Å². The smallest absolute Gasteiger partial charge is 0.373 e. The quantitative estimate of drug-likeness (QED) is 0.0342. The fourth-order valence-corrected chi connectivity index (χ4v) is 5.66. The third kappa shape index (κ3) is 39.4. The standard InChI is InChI=1S/C11H24O6SSi.2C8H16O4Si.C3H8O2S.4CH4/c1-9(6-18-7-10(13)5-12)11(14)17-8-19(4,15-2)16-3;2*1-7(2)8(9)12-6-13(5,10-3)11-4;4-1-3(5)2-6;;;;/h9-10,12-13H,5-8H2,1-4H3;2*1,6H2,2-5H3;3-6H,1-2H2;4*1H4. The van der Waals surface area contributed by atoms with Crippen LogP contribution in [0.15, 0.2) is 24.3 Å². The second-order valence-corrected chi connectivity index (χ2v) is 22.8. The van der Waals surface area contributed by atoms with E-state index in [4.69, 9.17) is 61.2 Å². The Bertz CT molecular complexity index is 923. The van der Waals surface area contributed by atoms with E-state index in [1.54, 1.807) is 63.4 Å². The lowest BCUT2D eigenvalue weighted by molar-refractivity contribution is -0.146. The molecule has 0 bridgehead atoms. The zero-order chi connectivity index (χ0) is 40.8. The van der Waals surface area contributed by atoms with Gasteiger partial charge in [0.25, 0.3) is 0 Å². The van der Waals surface area contributed by atoms with E-state index >= 15 is 0 Å². The second-order valence-electron chi connectivity index (χ2n) is 11.2. The van der Waals surface area contributed by atoms with Crippen molar-refractivity contribution in [2.45, 2.75) is 82.3 Å². The molecule has 0 aliphatic carbocycles. The molecule has 0 amide bonds. The molecule has 336 valence electrons. The molecule has 0 aromatic heterocycles. The van der Waals surface area contributed by atoms with E-state index in [1.807, 2.05) is 19.6 Å². The zero-order valence-electron chi connectivity index (χ0n) is 32.3. The van der Waals surface area contributed by atoms with Crippen LogP contribution >= 0.6 is 24.4 Å². The van der Waals surface area contributed by atoms with E-state index in [9.17, 15) is 14.4 Å². The lowest BCUT2D eigenvalue weighted by Crippen LogP contribution is -2.43. The van der Waals surface area contributed by atoms with Gasteiger partial charge < -0.3 is 61.2 Å². The molecule has 0 aliphatic heterocycles. The van der Waals surface area contributed by atoms with Crippen LogP contribution in [0.2, 0.25) is 19.6 Å². The van der Waals surface area contributed by atoms with E-state index < -0.39 is 49.8 Å². The number of carbonyl (C=O) groups is 3. The average Bonchev–Trinajstić information content (AvgIpc) is 3.14. The predicted octanol–water partition coefficient (Wildman–Crippen LogP) is 3.99. The maximum absolute atomic E-state index is 11.7. The summed E-state index contributed by atoms with van der Waals surface area (Å²) in [5.74, 6) is -0.135. The summed E-state index contributed by atoms with van der Waals surface area (Å²) in [5.41, 5.74) is 0.757. The molecule has 0 saturated carbocycles. The number of hydrogen-bond acceptors (Lipinski definition) is 18. The highest BCUT2D eigenvalue weighted by Gasteiger charge is 2.33. The maximum Gasteiger partial charge on any atom is 0.373 e. The fraction of sp³-hybridized carbons (Fsp3) is 0.794. The first kappa shape index (κ1) is 71.5. The molecule has 0 heterocycles. The van der Waals surface area contributed by atoms with Gasteiger partial charge in [0, 0.05) is 71.1 Å². The normalized spacial score (nSPS) is 12.0. The Morgan fingerprint density at radius 3 is 1.13 bits per heavy atom. The average molecular weight is 893 g/mol. The van der Waals surface area contributed by atoms with Gasteiger partial charge in [-0.05, 0) is 33.5 Å². The molecular formula is C34H80O16S2Si3. The molecule has 3 atom stereocenters. The molecule has 0 aliphatic rings. The number of rotatable bonds is 22. The van der Waals surface area contributed by atoms with Crippen LogP contribution in [0.5, 0.6) is 0 Å². The first-order valence-corrected chi connectivity index (χ1v) is 24.8. The first-order chi connectivity index (χ1) is 23.6. The monoisotopic (exact) mass is 892 g/mol. The molecular weight excluding hydrogens is 813 g/mol. The van der Waals surface area contributed by atoms with Crippen LogP contribution in [0.25, 0.3) is 0 Å². The van der Waals surface area contributed by atoms with Crippen molar-refractivity contribution in [1.29, 1.82) is 0 Å². The Hall–Kier alpha value is -1.16. The highest BCUT2D eigenvalue weighted by Crippen LogP contribution is 2.13. The SMILES string of the molecule is C.C.C.C.C=C(C)C(=O)OC[Si](C)(OC)OC.C=C(C)C(=O)OC[Si](C)(OC)OC.CO[Si](C)(COC(=O)C(C)CSCC(O)CO)OC.OCC(O)CS. The molecule has 21 heteroatoms. The lowest BCUT2D eigenvalue weighted by atomic mass is 10.2. The van der Waals surface area contributed by atoms with E-state index in [2.05, 4.69) is 25.8 Å². The minimum atomic E-state index is -2.38. The summed E-state index contributed by atoms with van der Waals surface area (Å²) >= 11 is 5.09. The van der Waals surface area contributed by atoms with Gasteiger partial charge in [0.15, 0.2) is 0 Å². The third-order valence-corrected chi connectivity index (χ3v) is 15.4. The van der Waals surface area contributed by atoms with Crippen LogP contribution in [-0.4, -0.2) is 168 Å². The third-order valence-electron chi connectivity index (χ3n) is 6.41. The van der Waals surface area contributed by atoms with Gasteiger partial charge in [-0.1, -0.05) is 49.8 Å². The fourth-order valence-electron chi connectivity index (χ4n) is 2.15. The van der Waals surface area contributed by atoms with E-state index in [1.165, 1.54) is 11.8 Å². The van der Waals surface area contributed by atoms with Gasteiger partial charge >= 0.3 is 43.6 Å². The molecule has 0 spiro atoms. The number of aliphatic hydroxyl groups is 4. The Morgan fingerprint density at radius 1 is 0.618 bits per heavy atom. The van der Waals surface area contributed by atoms with E-state index in [0.29, 0.717) is 28.4 Å². The van der Waals surface area contributed by atoms with Crippen LogP contribution in [-0.2, 0) is 55.2 Å². The van der Waals surface area contributed by atoms with Crippen molar-refractivity contribution < 1.29 is 75.6 Å². The predicted molar refractivity (Wildman–Crippen MR) is 233 cm³/mol. The summed E-state index contributed by atoms with van der Waals surface area (Å²) in [5, 5.41) is 34.2. The number of aliphatic hydroxyl groups excluding tert-OH is 4. The maximum atomic E-state index is 11.7. The van der Waals surface area contributed by atoms with Gasteiger partial charge in [-0.2, -0.15) is 24.4 Å². The van der Waals surface area contributed by atoms with Crippen molar-refractivity contribution in [2.75, 3.05) is 91.8 Å². The Morgan fingerprint density at radius 2 is 0.909 bits per heavy atom. The van der Waals surface area contributed by atoms with Crippen LogP contribution in [0.3, 0.4) is 0 Å². The molecule has 16 nitrogen and oxygen atoms in total. The van der Waals surface area contributed by atoms with Crippen LogP contribution in [0, 0.1) is 5.92 Å². The minimum absolute atomic E-state index is 0. The van der Waals surface area contributed by atoms with Crippen molar-refractivity contribution in [3.8, 4) is 0 Å². The van der Waals surface area contributed by atoms with Gasteiger partial charge in [-0.3, -0.25) is 4.79 Å². The van der Waals surface area contributed by atoms with Crippen LogP contribution in [0.1, 0.15) is 50.5 Å². The summed E-state index contributed by atoms with van der Waals surface area (Å²) in [6.07, 6.45) is -0.857. The highest BCUT2D eigenvalue weighted by atomic mass is 32.2. The topological polar surface area (TPSA) is 215 Å². The van der Waals surface area contributed by atoms with Crippen LogP contribution in [0.4, 0.5) is 0 Å². The molecule has 0 aromatic rings. The molecule has 0 saturated heterocycles. The zero-order valence-corrected chi connectivity index (χ0v) is 37.1. The molecule has 3 unspecified atom stereocenters. The Labute approximate surface area is 346 Å². The number of hydrogen-bond donors (Lipinski definition) is 5. The molecule has 0 radical (unpaired) electrons. The van der Waals surface area contributed by atoms with E-state index in [-0.39, 0.29) is 73.5 Å². The van der Waals surface area contributed by atoms with Crippen LogP contribution < -0.4 is 0 Å². The number of carbonyl (C=O) groups excluding carboxylic acids is 3.